The summed E-state index contributed by atoms with van der Waals surface area (Å²) in [5.74, 6) is -0.952. The normalized spacial score (nSPS) is 12.6. The Kier molecular flexibility index (Phi) is 48.9. The summed E-state index contributed by atoms with van der Waals surface area (Å²) in [6.07, 6.45) is 64.5. The van der Waals surface area contributed by atoms with Gasteiger partial charge < -0.3 is 14.2 Å². The van der Waals surface area contributed by atoms with Crippen LogP contribution in [0.1, 0.15) is 252 Å². The van der Waals surface area contributed by atoms with Gasteiger partial charge in [0.2, 0.25) is 0 Å². The molecule has 0 amide bonds. The van der Waals surface area contributed by atoms with Crippen molar-refractivity contribution in [2.75, 3.05) is 13.2 Å². The summed E-state index contributed by atoms with van der Waals surface area (Å²) in [4.78, 5) is 38.0. The van der Waals surface area contributed by atoms with Crippen LogP contribution in [0.4, 0.5) is 0 Å². The largest absolute Gasteiger partial charge is 0.462 e. The second kappa shape index (κ2) is 51.5. The molecule has 0 aliphatic carbocycles. The molecule has 63 heavy (non-hydrogen) atoms. The van der Waals surface area contributed by atoms with Crippen LogP contribution in [0, 0.1) is 0 Å². The van der Waals surface area contributed by atoms with Gasteiger partial charge in [-0.3, -0.25) is 14.4 Å². The molecule has 0 aliphatic heterocycles. The molecule has 0 spiro atoms. The maximum Gasteiger partial charge on any atom is 0.306 e. The van der Waals surface area contributed by atoms with Gasteiger partial charge in [0.1, 0.15) is 13.2 Å². The van der Waals surface area contributed by atoms with Gasteiger partial charge in [-0.05, 0) is 96.3 Å². The minimum absolute atomic E-state index is 0.0978. The number of hydrogen-bond acceptors (Lipinski definition) is 6. The molecule has 0 aromatic rings. The highest BCUT2D eigenvalue weighted by atomic mass is 16.6. The van der Waals surface area contributed by atoms with E-state index in [2.05, 4.69) is 93.7 Å². The molecule has 0 N–H and O–H groups in total. The summed E-state index contributed by atoms with van der Waals surface area (Å²) < 4.78 is 16.8. The number of carbonyl (C=O) groups excluding carboxylic acids is 3. The van der Waals surface area contributed by atoms with Crippen LogP contribution < -0.4 is 0 Å². The number of carbonyl (C=O) groups is 3. The third-order valence-electron chi connectivity index (χ3n) is 11.2. The molecule has 6 nitrogen and oxygen atoms in total. The van der Waals surface area contributed by atoms with E-state index in [0.29, 0.717) is 19.3 Å². The Hall–Kier alpha value is -3.15. The molecule has 0 bridgehead atoms. The Balaban J connectivity index is 4.47. The summed E-state index contributed by atoms with van der Waals surface area (Å²) in [5.41, 5.74) is 0. The molecule has 0 rings (SSSR count). The first-order chi connectivity index (χ1) is 31.0. The Morgan fingerprint density at radius 3 is 0.952 bits per heavy atom. The molecule has 0 aromatic carbocycles. The highest BCUT2D eigenvalue weighted by molar-refractivity contribution is 5.71. The van der Waals surface area contributed by atoms with E-state index >= 15 is 0 Å². The maximum absolute atomic E-state index is 12.8. The average molecular weight is 879 g/mol. The van der Waals surface area contributed by atoms with Crippen molar-refractivity contribution in [2.45, 2.75) is 258 Å². The van der Waals surface area contributed by atoms with E-state index in [1.165, 1.54) is 116 Å². The van der Waals surface area contributed by atoms with Gasteiger partial charge in [0.15, 0.2) is 6.10 Å². The Morgan fingerprint density at radius 1 is 0.317 bits per heavy atom. The molecule has 6 heteroatoms. The van der Waals surface area contributed by atoms with Gasteiger partial charge in [0.25, 0.3) is 0 Å². The van der Waals surface area contributed by atoms with E-state index in [4.69, 9.17) is 14.2 Å². The molecule has 0 fully saturated rings. The lowest BCUT2D eigenvalue weighted by molar-refractivity contribution is -0.167. The Morgan fingerprint density at radius 2 is 0.571 bits per heavy atom. The fourth-order valence-corrected chi connectivity index (χ4v) is 7.16. The number of unbranched alkanes of at least 4 members (excludes halogenated alkanes) is 24. The predicted octanol–water partition coefficient (Wildman–Crippen LogP) is 17.4. The van der Waals surface area contributed by atoms with E-state index < -0.39 is 6.10 Å². The first-order valence-corrected chi connectivity index (χ1v) is 26.4. The third-order valence-corrected chi connectivity index (χ3v) is 11.2. The SMILES string of the molecule is CCCCC/C=C\C/C=C\C/C=C\CCCCCCC(=O)OC[C@H](COC(=O)CCCC/C=C\C/C=C\C/C=C\CCCCC)OC(=O)CCCCCCCCCCCCCCC. The fourth-order valence-electron chi connectivity index (χ4n) is 7.16. The van der Waals surface area contributed by atoms with Crippen molar-refractivity contribution in [3.8, 4) is 0 Å². The van der Waals surface area contributed by atoms with Gasteiger partial charge in [-0.25, -0.2) is 0 Å². The number of allylic oxidation sites excluding steroid dienone is 12. The van der Waals surface area contributed by atoms with Crippen LogP contribution in [0.15, 0.2) is 72.9 Å². The van der Waals surface area contributed by atoms with Gasteiger partial charge >= 0.3 is 17.9 Å². The zero-order chi connectivity index (χ0) is 45.8. The van der Waals surface area contributed by atoms with Gasteiger partial charge in [-0.15, -0.1) is 0 Å². The summed E-state index contributed by atoms with van der Waals surface area (Å²) in [6, 6.07) is 0. The van der Waals surface area contributed by atoms with E-state index in [0.717, 1.165) is 96.3 Å². The van der Waals surface area contributed by atoms with Crippen molar-refractivity contribution in [1.29, 1.82) is 0 Å². The molecule has 0 unspecified atom stereocenters. The van der Waals surface area contributed by atoms with Crippen molar-refractivity contribution < 1.29 is 28.6 Å². The molecule has 0 aliphatic rings. The highest BCUT2D eigenvalue weighted by Crippen LogP contribution is 2.14. The lowest BCUT2D eigenvalue weighted by atomic mass is 10.0. The first-order valence-electron chi connectivity index (χ1n) is 26.4. The number of hydrogen-bond donors (Lipinski definition) is 0. The van der Waals surface area contributed by atoms with Crippen LogP contribution in [0.3, 0.4) is 0 Å². The maximum atomic E-state index is 12.8. The zero-order valence-corrected chi connectivity index (χ0v) is 41.3. The number of ether oxygens (including phenoxy) is 3. The van der Waals surface area contributed by atoms with E-state index in [-0.39, 0.29) is 31.1 Å². The summed E-state index contributed by atoms with van der Waals surface area (Å²) in [7, 11) is 0. The van der Waals surface area contributed by atoms with Gasteiger partial charge in [0, 0.05) is 19.3 Å². The number of rotatable bonds is 47. The predicted molar refractivity (Wildman–Crippen MR) is 270 cm³/mol. The van der Waals surface area contributed by atoms with Gasteiger partial charge in [0.05, 0.1) is 0 Å². The van der Waals surface area contributed by atoms with Crippen molar-refractivity contribution in [3.63, 3.8) is 0 Å². The van der Waals surface area contributed by atoms with Crippen LogP contribution in [0.2, 0.25) is 0 Å². The quantitative estimate of drug-likeness (QED) is 0.0262. The molecular weight excluding hydrogens is 781 g/mol. The first kappa shape index (κ1) is 59.9. The fraction of sp³-hybridized carbons (Fsp3) is 0.737. The topological polar surface area (TPSA) is 78.9 Å². The standard InChI is InChI=1S/C57H98O6/c1-4-7-10-13-16-19-22-25-27-28-30-33-35-38-41-44-47-50-56(59)62-53-54(63-57(60)51-48-45-42-39-36-31-24-21-18-15-12-9-6-3)52-61-55(58)49-46-43-40-37-34-32-29-26-23-20-17-14-11-8-5-2/h16-17,19-20,25-27,29-30,33-34,37,54H,4-15,18,21-24,28,31-32,35-36,38-53H2,1-3H3/b19-16-,20-17-,27-25-,29-26-,33-30-,37-34-/t54-/m0/s1. The lowest BCUT2D eigenvalue weighted by Gasteiger charge is -2.18. The second-order valence-electron chi connectivity index (χ2n) is 17.4. The molecule has 0 saturated carbocycles. The molecule has 362 valence electrons. The zero-order valence-electron chi connectivity index (χ0n) is 41.3. The number of esters is 3. The van der Waals surface area contributed by atoms with Crippen molar-refractivity contribution in [2.24, 2.45) is 0 Å². The monoisotopic (exact) mass is 879 g/mol. The van der Waals surface area contributed by atoms with Gasteiger partial charge in [-0.2, -0.15) is 0 Å². The van der Waals surface area contributed by atoms with Crippen LogP contribution in [-0.4, -0.2) is 37.2 Å². The summed E-state index contributed by atoms with van der Waals surface area (Å²) >= 11 is 0. The Bertz CT molecular complexity index is 1190. The van der Waals surface area contributed by atoms with Crippen LogP contribution >= 0.6 is 0 Å². The molecule has 0 heterocycles. The van der Waals surface area contributed by atoms with E-state index in [9.17, 15) is 14.4 Å². The van der Waals surface area contributed by atoms with Crippen LogP contribution in [0.25, 0.3) is 0 Å². The average Bonchev–Trinajstić information content (AvgIpc) is 3.28. The van der Waals surface area contributed by atoms with Crippen LogP contribution in [0.5, 0.6) is 0 Å². The minimum atomic E-state index is -0.798. The van der Waals surface area contributed by atoms with E-state index in [1.54, 1.807) is 0 Å². The minimum Gasteiger partial charge on any atom is -0.462 e. The van der Waals surface area contributed by atoms with Crippen molar-refractivity contribution in [3.05, 3.63) is 72.9 Å². The molecule has 0 aromatic heterocycles. The van der Waals surface area contributed by atoms with Gasteiger partial charge in [-0.1, -0.05) is 209 Å². The molecule has 0 saturated heterocycles. The summed E-state index contributed by atoms with van der Waals surface area (Å²) in [5, 5.41) is 0. The second-order valence-corrected chi connectivity index (χ2v) is 17.4. The lowest BCUT2D eigenvalue weighted by Crippen LogP contribution is -2.30. The van der Waals surface area contributed by atoms with Crippen molar-refractivity contribution >= 4 is 17.9 Å². The molecular formula is C57H98O6. The highest BCUT2D eigenvalue weighted by Gasteiger charge is 2.19. The molecule has 0 radical (unpaired) electrons. The molecule has 1 atom stereocenters. The van der Waals surface area contributed by atoms with Crippen LogP contribution in [-0.2, 0) is 28.6 Å². The van der Waals surface area contributed by atoms with E-state index in [1.807, 2.05) is 0 Å². The van der Waals surface area contributed by atoms with Crippen molar-refractivity contribution in [1.82, 2.24) is 0 Å². The smallest absolute Gasteiger partial charge is 0.306 e. The Labute approximate surface area is 389 Å². The summed E-state index contributed by atoms with van der Waals surface area (Å²) in [6.45, 7) is 6.53. The third kappa shape index (κ3) is 49.7.